The molecular formula is C15H27NO11. The molecule has 12 heteroatoms. The Morgan fingerprint density at radius 1 is 0.926 bits per heavy atom. The molecule has 7 N–H and O–H groups in total. The first kappa shape index (κ1) is 22.4. The number of carbonyl (C=O) groups is 1. The van der Waals surface area contributed by atoms with Crippen LogP contribution < -0.4 is 5.32 Å². The van der Waals surface area contributed by atoms with Crippen LogP contribution in [0.15, 0.2) is 0 Å². The van der Waals surface area contributed by atoms with E-state index < -0.39 is 73.9 Å². The van der Waals surface area contributed by atoms with Crippen LogP contribution in [0.4, 0.5) is 0 Å². The van der Waals surface area contributed by atoms with E-state index in [9.17, 15) is 35.4 Å². The number of ether oxygens (including phenoxy) is 4. The molecule has 0 bridgehead atoms. The topological polar surface area (TPSA) is 187 Å². The van der Waals surface area contributed by atoms with Gasteiger partial charge in [0, 0.05) is 14.0 Å². The van der Waals surface area contributed by atoms with Gasteiger partial charge in [-0.3, -0.25) is 4.79 Å². The van der Waals surface area contributed by atoms with Crippen molar-refractivity contribution in [3.63, 3.8) is 0 Å². The van der Waals surface area contributed by atoms with Gasteiger partial charge in [-0.15, -0.1) is 0 Å². The Morgan fingerprint density at radius 3 is 2.07 bits per heavy atom. The van der Waals surface area contributed by atoms with E-state index in [0.29, 0.717) is 0 Å². The Morgan fingerprint density at radius 2 is 1.52 bits per heavy atom. The fourth-order valence-electron chi connectivity index (χ4n) is 3.05. The standard InChI is InChI=1S/C15H27NO11/c1-5(18)16-8-11(21)9(19)6(3-17)26-14(8)25-4-7-10(20)12(22)13(23)15(24-2)27-7/h6-15,17,19-23H,3-4H2,1-2H3,(H,16,18)/t6-,7-,8+,9-,10-,11-,12+,13+,14+,15+/m1/s1. The van der Waals surface area contributed by atoms with E-state index in [0.717, 1.165) is 0 Å². The van der Waals surface area contributed by atoms with Gasteiger partial charge < -0.3 is 54.9 Å². The molecule has 0 radical (unpaired) electrons. The molecule has 158 valence electrons. The van der Waals surface area contributed by atoms with Crippen LogP contribution in [-0.4, -0.2) is 118 Å². The zero-order chi connectivity index (χ0) is 20.3. The molecule has 0 aliphatic carbocycles. The molecule has 0 saturated carbocycles. The first-order chi connectivity index (χ1) is 12.7. The van der Waals surface area contributed by atoms with E-state index in [1.165, 1.54) is 14.0 Å². The monoisotopic (exact) mass is 397 g/mol. The lowest BCUT2D eigenvalue weighted by Crippen LogP contribution is -2.65. The van der Waals surface area contributed by atoms with Crippen LogP contribution in [0.2, 0.25) is 0 Å². The lowest BCUT2D eigenvalue weighted by atomic mass is 9.96. The fourth-order valence-corrected chi connectivity index (χ4v) is 3.05. The lowest BCUT2D eigenvalue weighted by Gasteiger charge is -2.44. The van der Waals surface area contributed by atoms with E-state index in [-0.39, 0.29) is 6.61 Å². The third-order valence-electron chi connectivity index (χ3n) is 4.58. The summed E-state index contributed by atoms with van der Waals surface area (Å²) in [5.41, 5.74) is 0. The average Bonchev–Trinajstić information content (AvgIpc) is 2.64. The Balaban J connectivity index is 2.07. The maximum Gasteiger partial charge on any atom is 0.217 e. The highest BCUT2D eigenvalue weighted by atomic mass is 16.7. The first-order valence-corrected chi connectivity index (χ1v) is 8.44. The van der Waals surface area contributed by atoms with Gasteiger partial charge in [-0.2, -0.15) is 0 Å². The van der Waals surface area contributed by atoms with Gasteiger partial charge >= 0.3 is 0 Å². The van der Waals surface area contributed by atoms with Gasteiger partial charge in [-0.25, -0.2) is 0 Å². The largest absolute Gasteiger partial charge is 0.394 e. The summed E-state index contributed by atoms with van der Waals surface area (Å²) in [5.74, 6) is -0.516. The smallest absolute Gasteiger partial charge is 0.217 e. The van der Waals surface area contributed by atoms with Crippen molar-refractivity contribution in [2.75, 3.05) is 20.3 Å². The van der Waals surface area contributed by atoms with Crippen LogP contribution in [0.25, 0.3) is 0 Å². The van der Waals surface area contributed by atoms with Crippen LogP contribution in [0.3, 0.4) is 0 Å². The van der Waals surface area contributed by atoms with Gasteiger partial charge in [0.15, 0.2) is 12.6 Å². The fraction of sp³-hybridized carbons (Fsp3) is 0.933. The van der Waals surface area contributed by atoms with Gasteiger partial charge in [0.25, 0.3) is 0 Å². The summed E-state index contributed by atoms with van der Waals surface area (Å²) in [4.78, 5) is 11.4. The molecule has 2 fully saturated rings. The van der Waals surface area contributed by atoms with Crippen molar-refractivity contribution in [3.8, 4) is 0 Å². The average molecular weight is 397 g/mol. The van der Waals surface area contributed by atoms with E-state index >= 15 is 0 Å². The SMILES string of the molecule is CO[C@H]1O[C@H](CO[C@H]2O[C@H](CO)[C@@H](O)[C@H](O)[C@@H]2NC(C)=O)[C@@H](O)[C@H](O)[C@@H]1O. The summed E-state index contributed by atoms with van der Waals surface area (Å²) < 4.78 is 21.1. The number of aliphatic hydroxyl groups excluding tert-OH is 6. The highest BCUT2D eigenvalue weighted by Gasteiger charge is 2.47. The first-order valence-electron chi connectivity index (χ1n) is 8.44. The predicted molar refractivity (Wildman–Crippen MR) is 85.0 cm³/mol. The highest BCUT2D eigenvalue weighted by molar-refractivity contribution is 5.73. The maximum atomic E-state index is 11.4. The second-order valence-electron chi connectivity index (χ2n) is 6.52. The number of nitrogens with one attached hydrogen (secondary N) is 1. The van der Waals surface area contributed by atoms with Gasteiger partial charge in [-0.05, 0) is 0 Å². The molecule has 2 aliphatic rings. The number of rotatable bonds is 6. The van der Waals surface area contributed by atoms with Crippen molar-refractivity contribution in [1.82, 2.24) is 5.32 Å². The molecule has 2 aliphatic heterocycles. The van der Waals surface area contributed by atoms with Crippen LogP contribution in [-0.2, 0) is 23.7 Å². The number of aliphatic hydroxyl groups is 6. The molecule has 1 amide bonds. The summed E-state index contributed by atoms with van der Waals surface area (Å²) in [5, 5.41) is 61.5. The Labute approximate surface area is 155 Å². The molecule has 0 aromatic carbocycles. The maximum absolute atomic E-state index is 11.4. The summed E-state index contributed by atoms with van der Waals surface area (Å²) in [6, 6.07) is -1.16. The Kier molecular flexibility index (Phi) is 7.88. The van der Waals surface area contributed by atoms with Crippen molar-refractivity contribution in [1.29, 1.82) is 0 Å². The molecule has 2 rings (SSSR count). The highest BCUT2D eigenvalue weighted by Crippen LogP contribution is 2.25. The van der Waals surface area contributed by atoms with Crippen molar-refractivity contribution in [2.24, 2.45) is 0 Å². The molecule has 2 saturated heterocycles. The second-order valence-corrected chi connectivity index (χ2v) is 6.52. The molecule has 12 nitrogen and oxygen atoms in total. The van der Waals surface area contributed by atoms with E-state index in [1.807, 2.05) is 0 Å². The normalized spacial score (nSPS) is 45.5. The van der Waals surface area contributed by atoms with Crippen LogP contribution in [0.1, 0.15) is 6.92 Å². The zero-order valence-electron chi connectivity index (χ0n) is 14.9. The number of carbonyl (C=O) groups excluding carboxylic acids is 1. The van der Waals surface area contributed by atoms with Gasteiger partial charge in [-0.1, -0.05) is 0 Å². The molecule has 0 aromatic heterocycles. The van der Waals surface area contributed by atoms with Crippen molar-refractivity contribution >= 4 is 5.91 Å². The zero-order valence-corrected chi connectivity index (χ0v) is 14.9. The number of amides is 1. The van der Waals surface area contributed by atoms with Gasteiger partial charge in [0.05, 0.1) is 13.2 Å². The van der Waals surface area contributed by atoms with E-state index in [1.54, 1.807) is 0 Å². The van der Waals surface area contributed by atoms with E-state index in [4.69, 9.17) is 18.9 Å². The lowest BCUT2D eigenvalue weighted by molar-refractivity contribution is -0.316. The van der Waals surface area contributed by atoms with Gasteiger partial charge in [0.1, 0.15) is 48.8 Å². The second kappa shape index (κ2) is 9.52. The van der Waals surface area contributed by atoms with Crippen LogP contribution >= 0.6 is 0 Å². The predicted octanol–water partition coefficient (Wildman–Crippen LogP) is -4.60. The Bertz CT molecular complexity index is 492. The van der Waals surface area contributed by atoms with Crippen molar-refractivity contribution in [2.45, 2.75) is 68.3 Å². The molecule has 0 spiro atoms. The molecule has 2 heterocycles. The van der Waals surface area contributed by atoms with Crippen LogP contribution in [0.5, 0.6) is 0 Å². The molecule has 27 heavy (non-hydrogen) atoms. The van der Waals surface area contributed by atoms with Crippen LogP contribution in [0, 0.1) is 0 Å². The van der Waals surface area contributed by atoms with E-state index in [2.05, 4.69) is 5.32 Å². The minimum absolute atomic E-state index is 0.369. The van der Waals surface area contributed by atoms with Crippen molar-refractivity contribution in [3.05, 3.63) is 0 Å². The molecule has 0 unspecified atom stereocenters. The third kappa shape index (κ3) is 4.92. The molecule has 0 aromatic rings. The summed E-state index contributed by atoms with van der Waals surface area (Å²) in [6.45, 7) is 0.222. The summed E-state index contributed by atoms with van der Waals surface area (Å²) in [7, 11) is 1.25. The summed E-state index contributed by atoms with van der Waals surface area (Å²) in [6.07, 6.45) is -12.2. The quantitative estimate of drug-likeness (QED) is 0.228. The minimum Gasteiger partial charge on any atom is -0.394 e. The number of hydrogen-bond acceptors (Lipinski definition) is 11. The minimum atomic E-state index is -1.55. The number of methoxy groups -OCH3 is 1. The molecular weight excluding hydrogens is 370 g/mol. The van der Waals surface area contributed by atoms with Crippen molar-refractivity contribution < 1.29 is 54.4 Å². The number of hydrogen-bond donors (Lipinski definition) is 7. The Hall–Kier alpha value is -0.930. The van der Waals surface area contributed by atoms with Gasteiger partial charge in [0.2, 0.25) is 5.91 Å². The third-order valence-corrected chi connectivity index (χ3v) is 4.58. The molecule has 10 atom stereocenters. The summed E-state index contributed by atoms with van der Waals surface area (Å²) >= 11 is 0.